The second-order valence-corrected chi connectivity index (χ2v) is 6.78. The average molecular weight is 393 g/mol. The molecule has 2 amide bonds. The molecule has 1 heterocycles. The fourth-order valence-electron chi connectivity index (χ4n) is 2.47. The van der Waals surface area contributed by atoms with Crippen LogP contribution in [0.3, 0.4) is 0 Å². The standard InChI is InChI=1S/C20H22F3N3O2/c1-12(2)18(27)11-17-9-14(7-8-24-17)13(3)25-19(28)26-16-6-4-5-15(10-16)20(21,22)23/h4-10,12-13H,11H2,1-3H3,(H2,25,26,28). The second-order valence-electron chi connectivity index (χ2n) is 6.78. The van der Waals surface area contributed by atoms with Crippen molar-refractivity contribution in [3.05, 3.63) is 59.4 Å². The number of Topliss-reactive ketones (excluding diaryl/α,β-unsaturated/α-hetero) is 1. The summed E-state index contributed by atoms with van der Waals surface area (Å²) >= 11 is 0. The van der Waals surface area contributed by atoms with Crippen molar-refractivity contribution in [1.82, 2.24) is 10.3 Å². The van der Waals surface area contributed by atoms with Crippen LogP contribution in [-0.2, 0) is 17.4 Å². The molecule has 0 saturated heterocycles. The fraction of sp³-hybridized carbons (Fsp3) is 0.350. The van der Waals surface area contributed by atoms with E-state index in [0.29, 0.717) is 5.69 Å². The molecule has 0 aliphatic carbocycles. The number of carbonyl (C=O) groups is 2. The van der Waals surface area contributed by atoms with E-state index in [9.17, 15) is 22.8 Å². The van der Waals surface area contributed by atoms with Crippen LogP contribution in [-0.4, -0.2) is 16.8 Å². The van der Waals surface area contributed by atoms with Gasteiger partial charge in [-0.2, -0.15) is 13.2 Å². The molecule has 5 nitrogen and oxygen atoms in total. The van der Waals surface area contributed by atoms with E-state index < -0.39 is 23.8 Å². The van der Waals surface area contributed by atoms with E-state index in [4.69, 9.17) is 0 Å². The van der Waals surface area contributed by atoms with Crippen molar-refractivity contribution in [2.75, 3.05) is 5.32 Å². The third-order valence-electron chi connectivity index (χ3n) is 4.14. The molecule has 2 aromatic rings. The minimum Gasteiger partial charge on any atom is -0.331 e. The van der Waals surface area contributed by atoms with Crippen molar-refractivity contribution < 1.29 is 22.8 Å². The maximum absolute atomic E-state index is 12.8. The number of hydrogen-bond acceptors (Lipinski definition) is 3. The SMILES string of the molecule is CC(C)C(=O)Cc1cc(C(C)NC(=O)Nc2cccc(C(F)(F)F)c2)ccn1. The Balaban J connectivity index is 2.02. The summed E-state index contributed by atoms with van der Waals surface area (Å²) in [4.78, 5) is 28.2. The number of pyridine rings is 1. The summed E-state index contributed by atoms with van der Waals surface area (Å²) in [5, 5.41) is 5.06. The van der Waals surface area contributed by atoms with Crippen molar-refractivity contribution in [2.24, 2.45) is 5.92 Å². The number of amides is 2. The molecule has 0 aliphatic rings. The molecule has 1 unspecified atom stereocenters. The van der Waals surface area contributed by atoms with Crippen LogP contribution in [0.5, 0.6) is 0 Å². The van der Waals surface area contributed by atoms with E-state index in [1.54, 1.807) is 25.3 Å². The Morgan fingerprint density at radius 2 is 1.82 bits per heavy atom. The number of hydrogen-bond donors (Lipinski definition) is 2. The number of benzene rings is 1. The summed E-state index contributed by atoms with van der Waals surface area (Å²) in [6.45, 7) is 5.36. The Labute approximate surface area is 161 Å². The molecular formula is C20H22F3N3O2. The van der Waals surface area contributed by atoms with Gasteiger partial charge in [-0.15, -0.1) is 0 Å². The summed E-state index contributed by atoms with van der Waals surface area (Å²) in [5.41, 5.74) is 0.535. The van der Waals surface area contributed by atoms with Crippen LogP contribution in [0.2, 0.25) is 0 Å². The van der Waals surface area contributed by atoms with E-state index in [0.717, 1.165) is 17.7 Å². The van der Waals surface area contributed by atoms with E-state index >= 15 is 0 Å². The van der Waals surface area contributed by atoms with E-state index in [-0.39, 0.29) is 23.8 Å². The van der Waals surface area contributed by atoms with Crippen LogP contribution < -0.4 is 10.6 Å². The summed E-state index contributed by atoms with van der Waals surface area (Å²) < 4.78 is 38.3. The zero-order valence-electron chi connectivity index (χ0n) is 15.8. The van der Waals surface area contributed by atoms with Gasteiger partial charge in [-0.3, -0.25) is 9.78 Å². The number of aromatic nitrogens is 1. The van der Waals surface area contributed by atoms with Crippen LogP contribution in [0, 0.1) is 5.92 Å². The molecule has 1 aromatic heterocycles. The fourth-order valence-corrected chi connectivity index (χ4v) is 2.47. The number of carbonyl (C=O) groups excluding carboxylic acids is 2. The molecule has 1 aromatic carbocycles. The minimum absolute atomic E-state index is 0.0393. The Morgan fingerprint density at radius 1 is 1.11 bits per heavy atom. The molecular weight excluding hydrogens is 371 g/mol. The van der Waals surface area contributed by atoms with Gasteiger partial charge in [0.05, 0.1) is 11.6 Å². The van der Waals surface area contributed by atoms with Gasteiger partial charge in [-0.25, -0.2) is 4.79 Å². The highest BCUT2D eigenvalue weighted by Crippen LogP contribution is 2.30. The van der Waals surface area contributed by atoms with Crippen LogP contribution in [0.4, 0.5) is 23.7 Å². The average Bonchev–Trinajstić information content (AvgIpc) is 2.61. The zero-order chi connectivity index (χ0) is 20.9. The van der Waals surface area contributed by atoms with E-state index in [1.165, 1.54) is 12.1 Å². The minimum atomic E-state index is -4.48. The smallest absolute Gasteiger partial charge is 0.331 e. The lowest BCUT2D eigenvalue weighted by atomic mass is 10.0. The number of nitrogens with one attached hydrogen (secondary N) is 2. The maximum atomic E-state index is 12.8. The number of ketones is 1. The first-order valence-corrected chi connectivity index (χ1v) is 8.78. The highest BCUT2D eigenvalue weighted by atomic mass is 19.4. The lowest BCUT2D eigenvalue weighted by Crippen LogP contribution is -2.31. The van der Waals surface area contributed by atoms with Gasteiger partial charge in [0.15, 0.2) is 0 Å². The summed E-state index contributed by atoms with van der Waals surface area (Å²) in [7, 11) is 0. The van der Waals surface area contributed by atoms with Crippen molar-refractivity contribution in [3.63, 3.8) is 0 Å². The first kappa shape index (κ1) is 21.4. The molecule has 2 rings (SSSR count). The first-order valence-electron chi connectivity index (χ1n) is 8.78. The first-order chi connectivity index (χ1) is 13.1. The molecule has 0 bridgehead atoms. The Morgan fingerprint density at radius 3 is 2.46 bits per heavy atom. The number of urea groups is 1. The lowest BCUT2D eigenvalue weighted by molar-refractivity contribution is -0.137. The number of nitrogens with zero attached hydrogens (tertiary/aromatic N) is 1. The van der Waals surface area contributed by atoms with Gasteiger partial charge in [0.1, 0.15) is 5.78 Å². The summed E-state index contributed by atoms with van der Waals surface area (Å²) in [6.07, 6.45) is -2.72. The highest BCUT2D eigenvalue weighted by Gasteiger charge is 2.30. The topological polar surface area (TPSA) is 71.1 Å². The Bertz CT molecular complexity index is 851. The largest absolute Gasteiger partial charge is 0.416 e. The van der Waals surface area contributed by atoms with Crippen LogP contribution in [0.15, 0.2) is 42.6 Å². The summed E-state index contributed by atoms with van der Waals surface area (Å²) in [5.74, 6) is -0.0354. The number of rotatable bonds is 6. The van der Waals surface area contributed by atoms with Gasteiger partial charge < -0.3 is 10.6 Å². The predicted octanol–water partition coefficient (Wildman–Crippen LogP) is 4.75. The maximum Gasteiger partial charge on any atom is 0.416 e. The quantitative estimate of drug-likeness (QED) is 0.744. The van der Waals surface area contributed by atoms with Gasteiger partial charge in [0.2, 0.25) is 0 Å². The molecule has 28 heavy (non-hydrogen) atoms. The van der Waals surface area contributed by atoms with Crippen LogP contribution in [0.1, 0.15) is 43.6 Å². The molecule has 150 valence electrons. The number of halogens is 3. The van der Waals surface area contributed by atoms with Crippen molar-refractivity contribution >= 4 is 17.5 Å². The Kier molecular flexibility index (Phi) is 6.77. The van der Waals surface area contributed by atoms with Crippen LogP contribution in [0.25, 0.3) is 0 Å². The molecule has 0 aliphatic heterocycles. The highest BCUT2D eigenvalue weighted by molar-refractivity contribution is 5.89. The van der Waals surface area contributed by atoms with Crippen molar-refractivity contribution in [1.29, 1.82) is 0 Å². The van der Waals surface area contributed by atoms with Gasteiger partial charge in [-0.05, 0) is 42.8 Å². The zero-order valence-corrected chi connectivity index (χ0v) is 15.8. The van der Waals surface area contributed by atoms with Crippen molar-refractivity contribution in [2.45, 2.75) is 39.4 Å². The molecule has 0 radical (unpaired) electrons. The third-order valence-corrected chi connectivity index (χ3v) is 4.14. The molecule has 0 saturated carbocycles. The molecule has 2 N–H and O–H groups in total. The van der Waals surface area contributed by atoms with Gasteiger partial charge in [-0.1, -0.05) is 19.9 Å². The third kappa shape index (κ3) is 6.07. The summed E-state index contributed by atoms with van der Waals surface area (Å²) in [6, 6.07) is 6.78. The van der Waals surface area contributed by atoms with Gasteiger partial charge >= 0.3 is 12.2 Å². The molecule has 0 fully saturated rings. The lowest BCUT2D eigenvalue weighted by Gasteiger charge is -2.16. The van der Waals surface area contributed by atoms with Gasteiger partial charge in [0, 0.05) is 29.9 Å². The normalized spacial score (nSPS) is 12.5. The number of anilines is 1. The van der Waals surface area contributed by atoms with Crippen LogP contribution >= 0.6 is 0 Å². The molecule has 0 spiro atoms. The molecule has 1 atom stereocenters. The predicted molar refractivity (Wildman–Crippen MR) is 99.8 cm³/mol. The number of alkyl halides is 3. The van der Waals surface area contributed by atoms with E-state index in [2.05, 4.69) is 15.6 Å². The monoisotopic (exact) mass is 393 g/mol. The second kappa shape index (κ2) is 8.86. The van der Waals surface area contributed by atoms with Gasteiger partial charge in [0.25, 0.3) is 0 Å². The van der Waals surface area contributed by atoms with Crippen molar-refractivity contribution in [3.8, 4) is 0 Å². The Hall–Kier alpha value is -2.90. The van der Waals surface area contributed by atoms with E-state index in [1.807, 2.05) is 13.8 Å². The molecule has 8 heteroatoms.